The lowest BCUT2D eigenvalue weighted by Crippen LogP contribution is -2.25. The number of sulfonamides is 1. The van der Waals surface area contributed by atoms with Gasteiger partial charge < -0.3 is 10.7 Å². The molecule has 0 atom stereocenters. The highest BCUT2D eigenvalue weighted by Crippen LogP contribution is 2.10. The maximum absolute atomic E-state index is 12.1. The summed E-state index contributed by atoms with van der Waals surface area (Å²) in [4.78, 5) is 7.48. The van der Waals surface area contributed by atoms with Crippen LogP contribution >= 0.6 is 12.2 Å². The highest BCUT2D eigenvalue weighted by molar-refractivity contribution is 7.89. The number of hydrogen-bond donors (Lipinski definition) is 3. The average Bonchev–Trinajstić information content (AvgIpc) is 2.97. The quantitative estimate of drug-likeness (QED) is 0.520. The second kappa shape index (κ2) is 6.79. The maximum Gasteiger partial charge on any atom is 0.240 e. The molecule has 6 nitrogen and oxygen atoms in total. The fourth-order valence-electron chi connectivity index (χ4n) is 1.78. The number of aryl methyl sites for hydroxylation is 1. The molecule has 1 aromatic carbocycles. The molecule has 0 fully saturated rings. The van der Waals surface area contributed by atoms with Crippen molar-refractivity contribution < 1.29 is 8.42 Å². The van der Waals surface area contributed by atoms with E-state index in [-0.39, 0.29) is 9.88 Å². The third-order valence-corrected chi connectivity index (χ3v) is 4.60. The van der Waals surface area contributed by atoms with E-state index in [1.165, 1.54) is 12.1 Å². The Labute approximate surface area is 128 Å². The van der Waals surface area contributed by atoms with Crippen molar-refractivity contribution in [2.24, 2.45) is 5.73 Å². The Balaban J connectivity index is 1.90. The predicted molar refractivity (Wildman–Crippen MR) is 84.4 cm³/mol. The fraction of sp³-hybridized carbons (Fsp3) is 0.231. The first kappa shape index (κ1) is 15.6. The van der Waals surface area contributed by atoms with Crippen LogP contribution < -0.4 is 10.5 Å². The zero-order valence-electron chi connectivity index (χ0n) is 11.2. The molecule has 112 valence electrons. The largest absolute Gasteiger partial charge is 0.389 e. The normalized spacial score (nSPS) is 11.4. The van der Waals surface area contributed by atoms with Gasteiger partial charge in [0, 0.05) is 30.9 Å². The second-order valence-electron chi connectivity index (χ2n) is 4.43. The van der Waals surface area contributed by atoms with E-state index in [4.69, 9.17) is 18.0 Å². The number of rotatable bonds is 7. The van der Waals surface area contributed by atoms with Crippen molar-refractivity contribution in [1.29, 1.82) is 0 Å². The van der Waals surface area contributed by atoms with Crippen molar-refractivity contribution >= 4 is 27.2 Å². The lowest BCUT2D eigenvalue weighted by atomic mass is 10.2. The fourth-order valence-corrected chi connectivity index (χ4v) is 2.99. The monoisotopic (exact) mass is 324 g/mol. The van der Waals surface area contributed by atoms with Gasteiger partial charge in [-0.05, 0) is 18.6 Å². The van der Waals surface area contributed by atoms with Crippen LogP contribution in [0.4, 0.5) is 0 Å². The summed E-state index contributed by atoms with van der Waals surface area (Å²) >= 11 is 4.83. The molecule has 8 heteroatoms. The number of aromatic nitrogens is 2. The number of aromatic amines is 1. The Morgan fingerprint density at radius 3 is 2.62 bits per heavy atom. The molecule has 0 saturated heterocycles. The number of H-pyrrole nitrogens is 1. The van der Waals surface area contributed by atoms with Crippen molar-refractivity contribution in [2.45, 2.75) is 17.7 Å². The van der Waals surface area contributed by atoms with E-state index < -0.39 is 10.0 Å². The smallest absolute Gasteiger partial charge is 0.240 e. The third kappa shape index (κ3) is 4.35. The highest BCUT2D eigenvalue weighted by Gasteiger charge is 2.13. The molecule has 0 aliphatic carbocycles. The Morgan fingerprint density at radius 2 is 2.05 bits per heavy atom. The molecule has 0 spiro atoms. The zero-order chi connectivity index (χ0) is 15.3. The minimum Gasteiger partial charge on any atom is -0.389 e. The number of nitrogens with zero attached hydrogens (tertiary/aromatic N) is 1. The Hall–Kier alpha value is -1.77. The van der Waals surface area contributed by atoms with Gasteiger partial charge in [-0.1, -0.05) is 24.4 Å². The highest BCUT2D eigenvalue weighted by atomic mass is 32.2. The van der Waals surface area contributed by atoms with Crippen LogP contribution in [-0.2, 0) is 16.4 Å². The van der Waals surface area contributed by atoms with Crippen molar-refractivity contribution in [3.8, 4) is 0 Å². The van der Waals surface area contributed by atoms with Crippen LogP contribution in [-0.4, -0.2) is 29.9 Å². The lowest BCUT2D eigenvalue weighted by molar-refractivity contribution is 0.578. The SMILES string of the molecule is NC(=S)c1ccc(S(=O)(=O)NCCCc2ncc[nH]2)cc1. The first-order valence-electron chi connectivity index (χ1n) is 6.37. The number of benzene rings is 1. The first-order chi connectivity index (χ1) is 9.99. The molecule has 21 heavy (non-hydrogen) atoms. The lowest BCUT2D eigenvalue weighted by Gasteiger charge is -2.07. The Kier molecular flexibility index (Phi) is 5.05. The molecule has 0 aliphatic heterocycles. The van der Waals surface area contributed by atoms with E-state index in [2.05, 4.69) is 14.7 Å². The zero-order valence-corrected chi connectivity index (χ0v) is 12.9. The Bertz CT molecular complexity index is 694. The maximum atomic E-state index is 12.1. The van der Waals surface area contributed by atoms with Gasteiger partial charge >= 0.3 is 0 Å². The van der Waals surface area contributed by atoms with Gasteiger partial charge in [-0.2, -0.15) is 0 Å². The van der Waals surface area contributed by atoms with Crippen molar-refractivity contribution in [3.63, 3.8) is 0 Å². The molecule has 1 heterocycles. The topological polar surface area (TPSA) is 101 Å². The summed E-state index contributed by atoms with van der Waals surface area (Å²) in [6, 6.07) is 6.17. The van der Waals surface area contributed by atoms with Gasteiger partial charge in [0.15, 0.2) is 0 Å². The molecule has 0 saturated carbocycles. The predicted octanol–water partition coefficient (Wildman–Crippen LogP) is 0.955. The summed E-state index contributed by atoms with van der Waals surface area (Å²) in [7, 11) is -3.51. The molecule has 1 aromatic heterocycles. The minimum absolute atomic E-state index is 0.195. The summed E-state index contributed by atoms with van der Waals surface area (Å²) in [5, 5.41) is 0. The summed E-state index contributed by atoms with van der Waals surface area (Å²) in [6.07, 6.45) is 4.76. The molecule has 0 radical (unpaired) electrons. The molecular weight excluding hydrogens is 308 g/mol. The molecular formula is C13H16N4O2S2. The Morgan fingerprint density at radius 1 is 1.33 bits per heavy atom. The van der Waals surface area contributed by atoms with Crippen molar-refractivity contribution in [3.05, 3.63) is 48.0 Å². The van der Waals surface area contributed by atoms with E-state index in [9.17, 15) is 8.42 Å². The van der Waals surface area contributed by atoms with E-state index >= 15 is 0 Å². The van der Waals surface area contributed by atoms with Gasteiger partial charge in [-0.15, -0.1) is 0 Å². The van der Waals surface area contributed by atoms with E-state index in [1.807, 2.05) is 0 Å². The minimum atomic E-state index is -3.51. The van der Waals surface area contributed by atoms with Crippen LogP contribution in [0.1, 0.15) is 17.8 Å². The molecule has 0 bridgehead atoms. The van der Waals surface area contributed by atoms with Crippen LogP contribution in [0.3, 0.4) is 0 Å². The van der Waals surface area contributed by atoms with Gasteiger partial charge in [-0.3, -0.25) is 0 Å². The number of nitrogens with one attached hydrogen (secondary N) is 2. The van der Waals surface area contributed by atoms with Crippen molar-refractivity contribution in [2.75, 3.05) is 6.54 Å². The molecule has 4 N–H and O–H groups in total. The van der Waals surface area contributed by atoms with E-state index in [0.717, 1.165) is 5.82 Å². The van der Waals surface area contributed by atoms with Crippen LogP contribution in [0.15, 0.2) is 41.6 Å². The van der Waals surface area contributed by atoms with Crippen LogP contribution in [0, 0.1) is 0 Å². The summed E-state index contributed by atoms with van der Waals surface area (Å²) in [5.41, 5.74) is 6.12. The second-order valence-corrected chi connectivity index (χ2v) is 6.63. The molecule has 2 rings (SSSR count). The standard InChI is InChI=1S/C13H16N4O2S2/c14-13(20)10-3-5-11(6-4-10)21(18,19)17-7-1-2-12-15-8-9-16-12/h3-6,8-9,17H,1-2,7H2,(H2,14,20)(H,15,16). The molecule has 0 amide bonds. The van der Waals surface area contributed by atoms with Gasteiger partial charge in [0.25, 0.3) is 0 Å². The average molecular weight is 324 g/mol. The van der Waals surface area contributed by atoms with Crippen molar-refractivity contribution in [1.82, 2.24) is 14.7 Å². The third-order valence-electron chi connectivity index (χ3n) is 2.89. The molecule has 2 aromatic rings. The van der Waals surface area contributed by atoms with Gasteiger partial charge in [0.1, 0.15) is 10.8 Å². The van der Waals surface area contributed by atoms with Crippen LogP contribution in [0.25, 0.3) is 0 Å². The van der Waals surface area contributed by atoms with Gasteiger partial charge in [-0.25, -0.2) is 18.1 Å². The summed E-state index contributed by atoms with van der Waals surface area (Å²) in [6.45, 7) is 0.347. The summed E-state index contributed by atoms with van der Waals surface area (Å²) < 4.78 is 26.7. The van der Waals surface area contributed by atoms with Crippen LogP contribution in [0.5, 0.6) is 0 Å². The number of hydrogen-bond acceptors (Lipinski definition) is 4. The number of thiocarbonyl (C=S) groups is 1. The van der Waals surface area contributed by atoms with Gasteiger partial charge in [0.2, 0.25) is 10.0 Å². The molecule has 0 unspecified atom stereocenters. The molecule has 0 aliphatic rings. The van der Waals surface area contributed by atoms with Crippen LogP contribution in [0.2, 0.25) is 0 Å². The summed E-state index contributed by atoms with van der Waals surface area (Å²) in [5.74, 6) is 0.843. The van der Waals surface area contributed by atoms with Gasteiger partial charge in [0.05, 0.1) is 4.90 Å². The first-order valence-corrected chi connectivity index (χ1v) is 8.26. The number of imidazole rings is 1. The van der Waals surface area contributed by atoms with E-state index in [0.29, 0.717) is 24.9 Å². The van der Waals surface area contributed by atoms with E-state index in [1.54, 1.807) is 24.5 Å². The number of nitrogens with two attached hydrogens (primary N) is 1.